The van der Waals surface area contributed by atoms with Gasteiger partial charge in [-0.1, -0.05) is 6.07 Å². The monoisotopic (exact) mass is 596 g/mol. The number of nitrogen functional groups attached to an aromatic ring is 1. The average Bonchev–Trinajstić information content (AvgIpc) is 2.81. The number of nitrogens with zero attached hydrogens (tertiary/aromatic N) is 3. The fourth-order valence-corrected chi connectivity index (χ4v) is 4.52. The van der Waals surface area contributed by atoms with Crippen LogP contribution in [0.2, 0.25) is 0 Å². The number of carbonyl (C=O) groups excluding carboxylic acids is 2. The van der Waals surface area contributed by atoms with E-state index in [1.165, 1.54) is 12.1 Å². The quantitative estimate of drug-likeness (QED) is 0.225. The number of rotatable bonds is 1. The lowest BCUT2D eigenvalue weighted by Gasteiger charge is -2.29. The first kappa shape index (κ1) is 28.2. The second-order valence-electron chi connectivity index (χ2n) is 8.31. The highest BCUT2D eigenvalue weighted by atomic mass is 79.9. The molecule has 0 aromatic heterocycles. The number of alkyl halides is 6. The summed E-state index contributed by atoms with van der Waals surface area (Å²) >= 11 is 3.01. The Morgan fingerprint density at radius 1 is 0.838 bits per heavy atom. The van der Waals surface area contributed by atoms with Gasteiger partial charge in [-0.2, -0.15) is 26.3 Å². The Kier molecular flexibility index (Phi) is 8.05. The van der Waals surface area contributed by atoms with Gasteiger partial charge in [0.2, 0.25) is 0 Å². The molecule has 2 aromatic carbocycles. The maximum absolute atomic E-state index is 12.4. The number of carbonyl (C=O) groups is 2. The molecule has 0 saturated heterocycles. The molecule has 0 saturated carbocycles. The molecule has 200 valence electrons. The van der Waals surface area contributed by atoms with Crippen molar-refractivity contribution in [2.45, 2.75) is 38.3 Å². The van der Waals surface area contributed by atoms with Crippen LogP contribution in [0.4, 0.5) is 37.7 Å². The number of benzene rings is 2. The SMILES string of the molecule is Nc1ccc2c(c1)CCN(C(=O)C(F)(F)F)C2.O=C(N1CCc2cc([N+](=O)[O-])c(Br)cc2C1)C(F)(F)F. The van der Waals surface area contributed by atoms with Crippen LogP contribution >= 0.6 is 15.9 Å². The highest BCUT2D eigenvalue weighted by molar-refractivity contribution is 9.10. The predicted molar refractivity (Wildman–Crippen MR) is 122 cm³/mol. The highest BCUT2D eigenvalue weighted by Gasteiger charge is 2.44. The van der Waals surface area contributed by atoms with Gasteiger partial charge in [0, 0.05) is 37.9 Å². The molecule has 2 aromatic rings. The first-order valence-electron chi connectivity index (χ1n) is 10.6. The summed E-state index contributed by atoms with van der Waals surface area (Å²) in [6, 6.07) is 7.75. The number of halogens is 7. The Labute approximate surface area is 214 Å². The third-order valence-electron chi connectivity index (χ3n) is 5.78. The molecule has 2 aliphatic rings. The molecule has 0 aliphatic carbocycles. The topological polar surface area (TPSA) is 110 Å². The van der Waals surface area contributed by atoms with Crippen molar-refractivity contribution in [1.82, 2.24) is 9.80 Å². The van der Waals surface area contributed by atoms with Crippen molar-refractivity contribution in [3.63, 3.8) is 0 Å². The Morgan fingerprint density at radius 2 is 1.32 bits per heavy atom. The zero-order valence-electron chi connectivity index (χ0n) is 18.8. The molecular weight excluding hydrogens is 578 g/mol. The standard InChI is InChI=1S/C11H8BrF3N2O3.C11H11F3N2O/c12-8-3-7-5-16(10(18)11(13,14)15)2-1-6(7)4-9(8)17(19)20;12-11(13,14)10(17)16-4-3-7-5-9(15)2-1-8(7)6-16/h3-4H,1-2,5H2;1-2,5H,3-4,6,15H2. The van der Waals surface area contributed by atoms with Crippen molar-refractivity contribution < 1.29 is 40.9 Å². The van der Waals surface area contributed by atoms with Crippen LogP contribution in [0.25, 0.3) is 0 Å². The number of amides is 2. The first-order valence-corrected chi connectivity index (χ1v) is 11.4. The first-order chi connectivity index (χ1) is 17.1. The molecule has 0 radical (unpaired) electrons. The van der Waals surface area contributed by atoms with Gasteiger partial charge in [-0.05, 0) is 69.2 Å². The third-order valence-corrected chi connectivity index (χ3v) is 6.42. The summed E-state index contributed by atoms with van der Waals surface area (Å²) in [5.41, 5.74) is 8.73. The van der Waals surface area contributed by atoms with Crippen LogP contribution < -0.4 is 5.73 Å². The van der Waals surface area contributed by atoms with E-state index in [2.05, 4.69) is 15.9 Å². The molecule has 2 aliphatic heterocycles. The van der Waals surface area contributed by atoms with Crippen LogP contribution in [-0.4, -0.2) is 52.0 Å². The summed E-state index contributed by atoms with van der Waals surface area (Å²) in [4.78, 5) is 34.0. The number of hydrogen-bond acceptors (Lipinski definition) is 5. The van der Waals surface area contributed by atoms with E-state index >= 15 is 0 Å². The van der Waals surface area contributed by atoms with E-state index in [0.717, 1.165) is 16.0 Å². The number of nitro groups is 1. The van der Waals surface area contributed by atoms with Crippen molar-refractivity contribution in [3.05, 3.63) is 67.2 Å². The van der Waals surface area contributed by atoms with Crippen LogP contribution in [0.3, 0.4) is 0 Å². The Hall–Kier alpha value is -3.36. The van der Waals surface area contributed by atoms with Crippen molar-refractivity contribution in [2.75, 3.05) is 18.8 Å². The van der Waals surface area contributed by atoms with Gasteiger partial charge in [-0.25, -0.2) is 0 Å². The summed E-state index contributed by atoms with van der Waals surface area (Å²) in [6.07, 6.45) is -9.14. The van der Waals surface area contributed by atoms with Crippen molar-refractivity contribution in [3.8, 4) is 0 Å². The molecule has 0 spiro atoms. The number of nitro benzene ring substituents is 1. The molecule has 8 nitrogen and oxygen atoms in total. The molecule has 15 heteroatoms. The lowest BCUT2D eigenvalue weighted by Crippen LogP contribution is -2.43. The summed E-state index contributed by atoms with van der Waals surface area (Å²) in [5, 5.41) is 10.8. The third kappa shape index (κ3) is 6.70. The summed E-state index contributed by atoms with van der Waals surface area (Å²) in [7, 11) is 0. The fraction of sp³-hybridized carbons (Fsp3) is 0.364. The molecule has 0 unspecified atom stereocenters. The highest BCUT2D eigenvalue weighted by Crippen LogP contribution is 2.32. The van der Waals surface area contributed by atoms with Gasteiger partial charge >= 0.3 is 24.2 Å². The molecule has 0 atom stereocenters. The maximum Gasteiger partial charge on any atom is 0.471 e. The van der Waals surface area contributed by atoms with Gasteiger partial charge in [-0.15, -0.1) is 0 Å². The minimum Gasteiger partial charge on any atom is -0.399 e. The lowest BCUT2D eigenvalue weighted by molar-refractivity contribution is -0.385. The van der Waals surface area contributed by atoms with E-state index in [-0.39, 0.29) is 42.8 Å². The van der Waals surface area contributed by atoms with Crippen molar-refractivity contribution in [2.24, 2.45) is 0 Å². The largest absolute Gasteiger partial charge is 0.471 e. The second kappa shape index (κ2) is 10.6. The van der Waals surface area contributed by atoms with E-state index in [0.29, 0.717) is 28.1 Å². The van der Waals surface area contributed by atoms with Gasteiger partial charge in [0.05, 0.1) is 9.40 Å². The molecule has 0 bridgehead atoms. The molecule has 2 amide bonds. The van der Waals surface area contributed by atoms with Gasteiger partial charge in [-0.3, -0.25) is 19.7 Å². The van der Waals surface area contributed by atoms with E-state index in [9.17, 15) is 46.0 Å². The molecule has 4 rings (SSSR count). The van der Waals surface area contributed by atoms with E-state index in [4.69, 9.17) is 5.73 Å². The maximum atomic E-state index is 12.4. The number of nitrogens with two attached hydrogens (primary N) is 1. The van der Waals surface area contributed by atoms with Crippen molar-refractivity contribution >= 4 is 39.1 Å². The van der Waals surface area contributed by atoms with Crippen LogP contribution in [0, 0.1) is 10.1 Å². The van der Waals surface area contributed by atoms with Gasteiger partial charge in [0.15, 0.2) is 0 Å². The zero-order chi connectivity index (χ0) is 27.7. The smallest absolute Gasteiger partial charge is 0.399 e. The van der Waals surface area contributed by atoms with Gasteiger partial charge in [0.25, 0.3) is 5.69 Å². The van der Waals surface area contributed by atoms with Crippen LogP contribution in [0.1, 0.15) is 22.3 Å². The summed E-state index contributed by atoms with van der Waals surface area (Å²) in [6.45, 7) is -0.239. The normalized spacial score (nSPS) is 15.2. The molecule has 0 fully saturated rings. The van der Waals surface area contributed by atoms with E-state index < -0.39 is 29.1 Å². The molecule has 2 heterocycles. The lowest BCUT2D eigenvalue weighted by atomic mass is 9.99. The second-order valence-corrected chi connectivity index (χ2v) is 9.16. The molecular formula is C22H19BrF6N4O4. The molecule has 37 heavy (non-hydrogen) atoms. The summed E-state index contributed by atoms with van der Waals surface area (Å²) < 4.78 is 74.1. The van der Waals surface area contributed by atoms with E-state index in [1.807, 2.05) is 0 Å². The summed E-state index contributed by atoms with van der Waals surface area (Å²) in [5.74, 6) is -3.67. The average molecular weight is 597 g/mol. The van der Waals surface area contributed by atoms with E-state index in [1.54, 1.807) is 18.2 Å². The number of hydrogen-bond donors (Lipinski definition) is 1. The van der Waals surface area contributed by atoms with Crippen molar-refractivity contribution in [1.29, 1.82) is 0 Å². The fourth-order valence-electron chi connectivity index (χ4n) is 3.98. The Morgan fingerprint density at radius 3 is 1.81 bits per heavy atom. The Bertz CT molecular complexity index is 1230. The van der Waals surface area contributed by atoms with Crippen LogP contribution in [-0.2, 0) is 35.5 Å². The van der Waals surface area contributed by atoms with Gasteiger partial charge in [0.1, 0.15) is 0 Å². The zero-order valence-corrected chi connectivity index (χ0v) is 20.4. The van der Waals surface area contributed by atoms with Crippen LogP contribution in [0.5, 0.6) is 0 Å². The minimum absolute atomic E-state index is 0.00600. The number of fused-ring (bicyclic) bond motifs is 2. The van der Waals surface area contributed by atoms with Crippen LogP contribution in [0.15, 0.2) is 34.8 Å². The van der Waals surface area contributed by atoms with Gasteiger partial charge < -0.3 is 15.5 Å². The molecule has 2 N–H and O–H groups in total. The predicted octanol–water partition coefficient (Wildman–Crippen LogP) is 4.52. The Balaban J connectivity index is 0.000000208. The number of anilines is 1. The minimum atomic E-state index is -4.91.